The van der Waals surface area contributed by atoms with Crippen molar-refractivity contribution < 1.29 is 0 Å². The van der Waals surface area contributed by atoms with E-state index in [1.165, 1.54) is 38.7 Å². The Balaban J connectivity index is 2.23. The molecule has 0 N–H and O–H groups in total. The molecule has 0 saturated carbocycles. The minimum atomic E-state index is 1.05. The molecule has 2 aromatic carbocycles. The van der Waals surface area contributed by atoms with Gasteiger partial charge in [0.05, 0.1) is 0 Å². The maximum Gasteiger partial charge on any atom is 0.0289 e. The molecule has 0 spiro atoms. The van der Waals surface area contributed by atoms with Gasteiger partial charge in [0.15, 0.2) is 0 Å². The van der Waals surface area contributed by atoms with Crippen LogP contribution in [-0.2, 0) is 12.8 Å². The lowest BCUT2D eigenvalue weighted by atomic mass is 9.92. The Hall–Kier alpha value is -1.34. The predicted molar refractivity (Wildman–Crippen MR) is 86.3 cm³/mol. The van der Waals surface area contributed by atoms with Crippen LogP contribution < -0.4 is 0 Å². The van der Waals surface area contributed by atoms with Crippen molar-refractivity contribution in [2.45, 2.75) is 26.2 Å². The Morgan fingerprint density at radius 1 is 1.16 bits per heavy atom. The molecule has 0 heterocycles. The predicted octanol–water partition coefficient (Wildman–Crippen LogP) is 5.64. The summed E-state index contributed by atoms with van der Waals surface area (Å²) < 4.78 is 1.28. The van der Waals surface area contributed by atoms with Crippen LogP contribution in [0.5, 0.6) is 0 Å². The van der Waals surface area contributed by atoms with E-state index in [-0.39, 0.29) is 0 Å². The first kappa shape index (κ1) is 12.7. The van der Waals surface area contributed by atoms with Crippen LogP contribution in [0.25, 0.3) is 17.2 Å². The van der Waals surface area contributed by atoms with E-state index in [0.717, 1.165) is 12.8 Å². The number of rotatable bonds is 3. The first-order valence-corrected chi connectivity index (χ1v) is 7.66. The van der Waals surface area contributed by atoms with Gasteiger partial charge in [-0.2, -0.15) is 0 Å². The summed E-state index contributed by atoms with van der Waals surface area (Å²) in [6.45, 7) is 2.23. The fourth-order valence-electron chi connectivity index (χ4n) is 2.80. The maximum absolute atomic E-state index is 3.84. The van der Waals surface area contributed by atoms with Gasteiger partial charge in [0.1, 0.15) is 0 Å². The highest BCUT2D eigenvalue weighted by Gasteiger charge is 2.18. The van der Waals surface area contributed by atoms with E-state index in [1.54, 1.807) is 0 Å². The van der Waals surface area contributed by atoms with Gasteiger partial charge in [-0.3, -0.25) is 0 Å². The van der Waals surface area contributed by atoms with Crippen molar-refractivity contribution in [2.75, 3.05) is 0 Å². The van der Waals surface area contributed by atoms with Gasteiger partial charge in [0.2, 0.25) is 0 Å². The molecule has 0 radical (unpaired) electrons. The Kier molecular flexibility index (Phi) is 3.56. The van der Waals surface area contributed by atoms with Gasteiger partial charge in [-0.05, 0) is 51.0 Å². The van der Waals surface area contributed by atoms with Gasteiger partial charge in [-0.15, -0.1) is 0 Å². The summed E-state index contributed by atoms with van der Waals surface area (Å²) >= 11 is 3.84. The lowest BCUT2D eigenvalue weighted by Gasteiger charge is -2.15. The smallest absolute Gasteiger partial charge is 0.0289 e. The summed E-state index contributed by atoms with van der Waals surface area (Å²) in [5.74, 6) is 0. The van der Waals surface area contributed by atoms with Crippen LogP contribution in [0.4, 0.5) is 0 Å². The third kappa shape index (κ3) is 2.28. The van der Waals surface area contributed by atoms with Crippen LogP contribution in [0.1, 0.15) is 30.0 Å². The second kappa shape index (κ2) is 5.34. The van der Waals surface area contributed by atoms with Crippen molar-refractivity contribution in [3.05, 3.63) is 63.6 Å². The molecule has 2 aromatic rings. The van der Waals surface area contributed by atoms with E-state index in [0.29, 0.717) is 0 Å². The minimum Gasteiger partial charge on any atom is -0.0795 e. The largest absolute Gasteiger partial charge is 0.0795 e. The van der Waals surface area contributed by atoms with Gasteiger partial charge < -0.3 is 0 Å². The number of aryl methyl sites for hydroxylation is 1. The molecule has 0 unspecified atom stereocenters. The molecule has 0 amide bonds. The van der Waals surface area contributed by atoms with Crippen molar-refractivity contribution in [1.29, 1.82) is 0 Å². The first-order chi connectivity index (χ1) is 9.31. The Morgan fingerprint density at radius 3 is 2.68 bits per heavy atom. The third-order valence-electron chi connectivity index (χ3n) is 3.68. The van der Waals surface area contributed by atoms with Crippen LogP contribution in [0.2, 0.25) is 0 Å². The zero-order valence-electron chi connectivity index (χ0n) is 11.1. The molecule has 0 saturated heterocycles. The minimum absolute atomic E-state index is 1.05. The summed E-state index contributed by atoms with van der Waals surface area (Å²) in [4.78, 5) is 0. The van der Waals surface area contributed by atoms with Crippen LogP contribution >= 0.6 is 15.9 Å². The lowest BCUT2D eigenvalue weighted by Crippen LogP contribution is -1.96. The normalized spacial score (nSPS) is 12.7. The molecule has 0 aromatic heterocycles. The summed E-state index contributed by atoms with van der Waals surface area (Å²) in [6, 6.07) is 13.1. The van der Waals surface area contributed by atoms with Crippen molar-refractivity contribution >= 4 is 22.0 Å². The number of halogens is 1. The lowest BCUT2D eigenvalue weighted by molar-refractivity contribution is 0.916. The van der Waals surface area contributed by atoms with Gasteiger partial charge in [0, 0.05) is 10.0 Å². The average molecular weight is 313 g/mol. The summed E-state index contributed by atoms with van der Waals surface area (Å²) in [5, 5.41) is 0. The maximum atomic E-state index is 3.84. The summed E-state index contributed by atoms with van der Waals surface area (Å²) in [7, 11) is 0. The third-order valence-corrected chi connectivity index (χ3v) is 4.59. The van der Waals surface area contributed by atoms with Gasteiger partial charge in [-0.25, -0.2) is 0 Å². The van der Waals surface area contributed by atoms with Crippen LogP contribution in [0, 0.1) is 0 Å². The molecule has 1 aliphatic rings. The fourth-order valence-corrected chi connectivity index (χ4v) is 3.59. The highest BCUT2D eigenvalue weighted by Crippen LogP contribution is 2.39. The molecule has 1 aliphatic carbocycles. The number of allylic oxidation sites excluding steroid dienone is 1. The number of hydrogen-bond donors (Lipinski definition) is 0. The quantitative estimate of drug-likeness (QED) is 0.688. The van der Waals surface area contributed by atoms with E-state index in [1.807, 2.05) is 0 Å². The Morgan fingerprint density at radius 2 is 1.95 bits per heavy atom. The van der Waals surface area contributed by atoms with Gasteiger partial charge >= 0.3 is 0 Å². The van der Waals surface area contributed by atoms with E-state index in [2.05, 4.69) is 71.4 Å². The SMILES string of the molecule is CCCc1cc2c(c(-c3ccccc3)c1Br)CC=C2. The van der Waals surface area contributed by atoms with Crippen LogP contribution in [0.3, 0.4) is 0 Å². The molecular formula is C18H17Br. The first-order valence-electron chi connectivity index (χ1n) is 6.87. The zero-order valence-corrected chi connectivity index (χ0v) is 12.7. The number of hydrogen-bond acceptors (Lipinski definition) is 0. The molecular weight excluding hydrogens is 296 g/mol. The topological polar surface area (TPSA) is 0 Å². The highest BCUT2D eigenvalue weighted by atomic mass is 79.9. The van der Waals surface area contributed by atoms with Crippen molar-refractivity contribution in [3.8, 4) is 11.1 Å². The zero-order chi connectivity index (χ0) is 13.2. The van der Waals surface area contributed by atoms with Crippen molar-refractivity contribution in [3.63, 3.8) is 0 Å². The van der Waals surface area contributed by atoms with Gasteiger partial charge in [0.25, 0.3) is 0 Å². The molecule has 96 valence electrons. The Labute approximate surface area is 123 Å². The molecule has 0 nitrogen and oxygen atoms in total. The van der Waals surface area contributed by atoms with E-state index >= 15 is 0 Å². The molecule has 3 rings (SSSR count). The second-order valence-corrected chi connectivity index (χ2v) is 5.81. The average Bonchev–Trinajstić information content (AvgIpc) is 2.88. The molecule has 19 heavy (non-hydrogen) atoms. The van der Waals surface area contributed by atoms with E-state index < -0.39 is 0 Å². The van der Waals surface area contributed by atoms with Crippen LogP contribution in [0.15, 0.2) is 46.9 Å². The van der Waals surface area contributed by atoms with Gasteiger partial charge in [-0.1, -0.05) is 61.9 Å². The van der Waals surface area contributed by atoms with E-state index in [9.17, 15) is 0 Å². The second-order valence-electron chi connectivity index (χ2n) is 5.01. The molecule has 0 bridgehead atoms. The summed E-state index contributed by atoms with van der Waals surface area (Å²) in [5.41, 5.74) is 6.97. The van der Waals surface area contributed by atoms with Crippen molar-refractivity contribution in [2.24, 2.45) is 0 Å². The number of fused-ring (bicyclic) bond motifs is 1. The standard InChI is InChI=1S/C18H17Br/c1-2-7-15-12-14-10-6-11-16(14)17(18(15)19)13-8-4-3-5-9-13/h3-6,8-10,12H,2,7,11H2,1H3. The monoisotopic (exact) mass is 312 g/mol. The number of benzene rings is 2. The molecule has 0 fully saturated rings. The molecule has 0 aliphatic heterocycles. The highest BCUT2D eigenvalue weighted by molar-refractivity contribution is 9.10. The Bertz CT molecular complexity index is 624. The van der Waals surface area contributed by atoms with E-state index in [4.69, 9.17) is 0 Å². The molecule has 0 atom stereocenters. The van der Waals surface area contributed by atoms with Crippen molar-refractivity contribution in [1.82, 2.24) is 0 Å². The molecule has 1 heteroatoms. The fraction of sp³-hybridized carbons (Fsp3) is 0.222. The summed E-state index contributed by atoms with van der Waals surface area (Å²) in [6.07, 6.45) is 7.87. The van der Waals surface area contributed by atoms with Crippen LogP contribution in [-0.4, -0.2) is 0 Å².